The van der Waals surface area contributed by atoms with Crippen LogP contribution in [0.3, 0.4) is 0 Å². The normalized spacial score (nSPS) is 25.4. The first kappa shape index (κ1) is 11.8. The number of para-hydroxylation sites is 1. The van der Waals surface area contributed by atoms with Gasteiger partial charge >= 0.3 is 0 Å². The Morgan fingerprint density at radius 3 is 2.53 bits per heavy atom. The highest BCUT2D eigenvalue weighted by atomic mass is 16.5. The zero-order valence-electron chi connectivity index (χ0n) is 11.5. The molecule has 1 aliphatic heterocycles. The van der Waals surface area contributed by atoms with Crippen LogP contribution < -0.4 is 10.1 Å². The fraction of sp³-hybridized carbons (Fsp3) is 0.647. The lowest BCUT2D eigenvalue weighted by atomic mass is 9.98. The topological polar surface area (TPSA) is 21.3 Å². The standard InChI is InChI=1S/C17H23NO/c1-2-4-17-14(3-1)9-15(19-17)10-18-11-16(12-5-6-12)13-7-8-13/h1-4,12-13,15-16,18H,5-11H2. The minimum atomic E-state index is 0.344. The first-order chi connectivity index (χ1) is 9.40. The van der Waals surface area contributed by atoms with Gasteiger partial charge in [0.2, 0.25) is 0 Å². The maximum Gasteiger partial charge on any atom is 0.123 e. The van der Waals surface area contributed by atoms with Crippen molar-refractivity contribution in [3.8, 4) is 5.75 Å². The van der Waals surface area contributed by atoms with E-state index in [2.05, 4.69) is 29.6 Å². The average molecular weight is 257 g/mol. The highest BCUT2D eigenvalue weighted by Crippen LogP contribution is 2.48. The molecule has 2 heteroatoms. The maximum atomic E-state index is 5.98. The molecular formula is C17H23NO. The lowest BCUT2D eigenvalue weighted by Gasteiger charge is -2.18. The third kappa shape index (κ3) is 2.64. The molecule has 1 aromatic rings. The summed E-state index contributed by atoms with van der Waals surface area (Å²) in [5.74, 6) is 4.14. The Hall–Kier alpha value is -1.02. The van der Waals surface area contributed by atoms with E-state index in [0.29, 0.717) is 6.10 Å². The van der Waals surface area contributed by atoms with Crippen molar-refractivity contribution in [3.05, 3.63) is 29.8 Å². The Bertz CT molecular complexity index is 413. The maximum absolute atomic E-state index is 5.98. The lowest BCUT2D eigenvalue weighted by Crippen LogP contribution is -2.34. The van der Waals surface area contributed by atoms with Crippen LogP contribution in [0.15, 0.2) is 24.3 Å². The van der Waals surface area contributed by atoms with Gasteiger partial charge in [-0.3, -0.25) is 0 Å². The summed E-state index contributed by atoms with van der Waals surface area (Å²) in [5.41, 5.74) is 1.37. The molecule has 2 aliphatic carbocycles. The third-order valence-corrected chi connectivity index (χ3v) is 4.92. The Morgan fingerprint density at radius 2 is 1.84 bits per heavy atom. The zero-order valence-corrected chi connectivity index (χ0v) is 11.5. The van der Waals surface area contributed by atoms with Gasteiger partial charge in [0.05, 0.1) is 0 Å². The van der Waals surface area contributed by atoms with Crippen LogP contribution in [-0.2, 0) is 6.42 Å². The molecule has 2 fully saturated rings. The van der Waals surface area contributed by atoms with Crippen molar-refractivity contribution in [1.29, 1.82) is 0 Å². The minimum absolute atomic E-state index is 0.344. The van der Waals surface area contributed by atoms with Crippen LogP contribution in [0.25, 0.3) is 0 Å². The van der Waals surface area contributed by atoms with Gasteiger partial charge in [-0.1, -0.05) is 18.2 Å². The summed E-state index contributed by atoms with van der Waals surface area (Å²) in [6.07, 6.45) is 7.34. The Balaban J connectivity index is 1.25. The Morgan fingerprint density at radius 1 is 1.11 bits per heavy atom. The summed E-state index contributed by atoms with van der Waals surface area (Å²) in [4.78, 5) is 0. The van der Waals surface area contributed by atoms with E-state index in [0.717, 1.165) is 36.5 Å². The highest BCUT2D eigenvalue weighted by Gasteiger charge is 2.40. The van der Waals surface area contributed by atoms with E-state index in [1.807, 2.05) is 0 Å². The average Bonchev–Trinajstić information content (AvgIpc) is 3.32. The highest BCUT2D eigenvalue weighted by molar-refractivity contribution is 5.37. The van der Waals surface area contributed by atoms with Gasteiger partial charge in [-0.15, -0.1) is 0 Å². The van der Waals surface area contributed by atoms with Crippen LogP contribution in [-0.4, -0.2) is 19.2 Å². The predicted octanol–water partition coefficient (Wildman–Crippen LogP) is 3.02. The quantitative estimate of drug-likeness (QED) is 0.846. The molecule has 1 atom stereocenters. The van der Waals surface area contributed by atoms with Crippen molar-refractivity contribution in [1.82, 2.24) is 5.32 Å². The molecular weight excluding hydrogens is 234 g/mol. The first-order valence-corrected chi connectivity index (χ1v) is 7.85. The van der Waals surface area contributed by atoms with Crippen molar-refractivity contribution >= 4 is 0 Å². The first-order valence-electron chi connectivity index (χ1n) is 7.85. The van der Waals surface area contributed by atoms with Crippen LogP contribution in [0.2, 0.25) is 0 Å². The molecule has 0 spiro atoms. The smallest absolute Gasteiger partial charge is 0.123 e. The SMILES string of the molecule is c1ccc2c(c1)CC(CNCC(C1CC1)C1CC1)O2. The molecule has 1 N–H and O–H groups in total. The summed E-state index contributed by atoms with van der Waals surface area (Å²) in [5, 5.41) is 3.68. The van der Waals surface area contributed by atoms with Gasteiger partial charge in [0, 0.05) is 13.0 Å². The molecule has 3 aliphatic rings. The summed E-state index contributed by atoms with van der Waals surface area (Å²) in [6.45, 7) is 2.22. The molecule has 0 bridgehead atoms. The van der Waals surface area contributed by atoms with Crippen molar-refractivity contribution in [2.24, 2.45) is 17.8 Å². The van der Waals surface area contributed by atoms with Gasteiger partial charge in [0.1, 0.15) is 11.9 Å². The Kier molecular flexibility index (Phi) is 2.99. The molecule has 0 radical (unpaired) electrons. The van der Waals surface area contributed by atoms with Crippen LogP contribution in [0.4, 0.5) is 0 Å². The molecule has 0 saturated heterocycles. The lowest BCUT2D eigenvalue weighted by molar-refractivity contribution is 0.221. The van der Waals surface area contributed by atoms with E-state index < -0.39 is 0 Å². The number of hydrogen-bond acceptors (Lipinski definition) is 2. The van der Waals surface area contributed by atoms with Crippen molar-refractivity contribution < 1.29 is 4.74 Å². The number of ether oxygens (including phenoxy) is 1. The van der Waals surface area contributed by atoms with Gasteiger partial charge in [-0.05, 0) is 61.6 Å². The molecule has 0 amide bonds. The molecule has 102 valence electrons. The molecule has 19 heavy (non-hydrogen) atoms. The van der Waals surface area contributed by atoms with E-state index in [4.69, 9.17) is 4.74 Å². The second kappa shape index (κ2) is 4.82. The molecule has 1 unspecified atom stereocenters. The van der Waals surface area contributed by atoms with Crippen LogP contribution in [0.1, 0.15) is 31.2 Å². The van der Waals surface area contributed by atoms with E-state index in [9.17, 15) is 0 Å². The van der Waals surface area contributed by atoms with E-state index in [1.54, 1.807) is 0 Å². The molecule has 1 aromatic carbocycles. The van der Waals surface area contributed by atoms with E-state index >= 15 is 0 Å². The fourth-order valence-electron chi connectivity index (χ4n) is 3.55. The third-order valence-electron chi connectivity index (χ3n) is 4.92. The number of rotatable bonds is 6. The number of hydrogen-bond donors (Lipinski definition) is 1. The number of nitrogens with one attached hydrogen (secondary N) is 1. The van der Waals surface area contributed by atoms with Gasteiger partial charge in [-0.2, -0.15) is 0 Å². The summed E-state index contributed by atoms with van der Waals surface area (Å²) < 4.78 is 5.98. The molecule has 1 heterocycles. The molecule has 2 nitrogen and oxygen atoms in total. The van der Waals surface area contributed by atoms with E-state index in [1.165, 1.54) is 37.8 Å². The molecule has 4 rings (SSSR count). The van der Waals surface area contributed by atoms with Crippen molar-refractivity contribution in [3.63, 3.8) is 0 Å². The molecule has 2 saturated carbocycles. The molecule has 0 aromatic heterocycles. The zero-order chi connectivity index (χ0) is 12.7. The minimum Gasteiger partial charge on any atom is -0.488 e. The fourth-order valence-corrected chi connectivity index (χ4v) is 3.55. The Labute approximate surface area is 115 Å². The van der Waals surface area contributed by atoms with Gasteiger partial charge < -0.3 is 10.1 Å². The van der Waals surface area contributed by atoms with Crippen LogP contribution in [0.5, 0.6) is 5.75 Å². The predicted molar refractivity (Wildman–Crippen MR) is 76.4 cm³/mol. The van der Waals surface area contributed by atoms with Crippen LogP contribution >= 0.6 is 0 Å². The number of fused-ring (bicyclic) bond motifs is 1. The summed E-state index contributed by atoms with van der Waals surface area (Å²) in [6, 6.07) is 8.44. The monoisotopic (exact) mass is 257 g/mol. The largest absolute Gasteiger partial charge is 0.488 e. The number of benzene rings is 1. The van der Waals surface area contributed by atoms with Crippen LogP contribution in [0, 0.1) is 17.8 Å². The van der Waals surface area contributed by atoms with E-state index in [-0.39, 0.29) is 0 Å². The summed E-state index contributed by atoms with van der Waals surface area (Å²) >= 11 is 0. The van der Waals surface area contributed by atoms with Gasteiger partial charge in [0.25, 0.3) is 0 Å². The van der Waals surface area contributed by atoms with Gasteiger partial charge in [0.15, 0.2) is 0 Å². The summed E-state index contributed by atoms with van der Waals surface area (Å²) in [7, 11) is 0. The van der Waals surface area contributed by atoms with Gasteiger partial charge in [-0.25, -0.2) is 0 Å². The van der Waals surface area contributed by atoms with Crippen molar-refractivity contribution in [2.45, 2.75) is 38.2 Å². The second-order valence-electron chi connectivity index (χ2n) is 6.55. The van der Waals surface area contributed by atoms with Crippen molar-refractivity contribution in [2.75, 3.05) is 13.1 Å². The second-order valence-corrected chi connectivity index (χ2v) is 6.55.